The SMILES string of the molecule is CCCCOC(C)CS. The molecule has 0 aromatic carbocycles. The topological polar surface area (TPSA) is 9.23 Å². The van der Waals surface area contributed by atoms with Gasteiger partial charge in [0, 0.05) is 12.4 Å². The molecule has 0 aromatic heterocycles. The minimum Gasteiger partial charge on any atom is -0.378 e. The molecule has 0 aliphatic rings. The highest BCUT2D eigenvalue weighted by Crippen LogP contribution is 1.95. The number of ether oxygens (including phenoxy) is 1. The van der Waals surface area contributed by atoms with Crippen LogP contribution in [0.25, 0.3) is 0 Å². The lowest BCUT2D eigenvalue weighted by atomic mass is 10.3. The Labute approximate surface area is 63.2 Å². The molecule has 2 heteroatoms. The molecule has 0 radical (unpaired) electrons. The third-order valence-electron chi connectivity index (χ3n) is 1.16. The van der Waals surface area contributed by atoms with Crippen molar-refractivity contribution >= 4 is 12.6 Å². The molecular formula is C7H16OS. The van der Waals surface area contributed by atoms with Gasteiger partial charge in [0.1, 0.15) is 0 Å². The summed E-state index contributed by atoms with van der Waals surface area (Å²) in [5, 5.41) is 0. The highest BCUT2D eigenvalue weighted by atomic mass is 32.1. The summed E-state index contributed by atoms with van der Waals surface area (Å²) >= 11 is 4.09. The normalized spacial score (nSPS) is 13.7. The first-order valence-corrected chi connectivity index (χ1v) is 4.17. The van der Waals surface area contributed by atoms with Gasteiger partial charge in [0.05, 0.1) is 6.10 Å². The van der Waals surface area contributed by atoms with Crippen molar-refractivity contribution in [2.45, 2.75) is 32.8 Å². The van der Waals surface area contributed by atoms with E-state index in [4.69, 9.17) is 4.74 Å². The first-order chi connectivity index (χ1) is 4.31. The molecule has 0 bridgehead atoms. The molecule has 56 valence electrons. The van der Waals surface area contributed by atoms with Crippen molar-refractivity contribution < 1.29 is 4.74 Å². The van der Waals surface area contributed by atoms with Crippen LogP contribution in [0.2, 0.25) is 0 Å². The molecule has 0 aliphatic heterocycles. The summed E-state index contributed by atoms with van der Waals surface area (Å²) in [7, 11) is 0. The minimum atomic E-state index is 0.319. The fourth-order valence-electron chi connectivity index (χ4n) is 0.482. The Balaban J connectivity index is 2.88. The van der Waals surface area contributed by atoms with Crippen LogP contribution in [0.3, 0.4) is 0 Å². The highest BCUT2D eigenvalue weighted by molar-refractivity contribution is 7.80. The number of unbranched alkanes of at least 4 members (excludes halogenated alkanes) is 1. The summed E-state index contributed by atoms with van der Waals surface area (Å²) in [5.41, 5.74) is 0. The van der Waals surface area contributed by atoms with E-state index in [1.165, 1.54) is 6.42 Å². The van der Waals surface area contributed by atoms with Crippen LogP contribution in [-0.4, -0.2) is 18.5 Å². The van der Waals surface area contributed by atoms with Crippen molar-refractivity contribution in [2.24, 2.45) is 0 Å². The highest BCUT2D eigenvalue weighted by Gasteiger charge is 1.95. The van der Waals surface area contributed by atoms with Crippen LogP contribution >= 0.6 is 12.6 Å². The van der Waals surface area contributed by atoms with Gasteiger partial charge in [-0.2, -0.15) is 12.6 Å². The molecule has 0 fully saturated rings. The summed E-state index contributed by atoms with van der Waals surface area (Å²) in [6.07, 6.45) is 2.69. The van der Waals surface area contributed by atoms with E-state index in [9.17, 15) is 0 Å². The summed E-state index contributed by atoms with van der Waals surface area (Å²) in [6, 6.07) is 0. The smallest absolute Gasteiger partial charge is 0.0634 e. The second-order valence-corrected chi connectivity index (χ2v) is 2.58. The molecule has 0 saturated carbocycles. The van der Waals surface area contributed by atoms with Gasteiger partial charge in [0.25, 0.3) is 0 Å². The molecule has 0 aromatic rings. The summed E-state index contributed by atoms with van der Waals surface area (Å²) in [6.45, 7) is 5.09. The molecule has 1 nitrogen and oxygen atoms in total. The first kappa shape index (κ1) is 9.31. The van der Waals surface area contributed by atoms with E-state index >= 15 is 0 Å². The number of hydrogen-bond donors (Lipinski definition) is 1. The van der Waals surface area contributed by atoms with Gasteiger partial charge in [-0.3, -0.25) is 0 Å². The maximum atomic E-state index is 5.36. The van der Waals surface area contributed by atoms with Crippen LogP contribution in [0.15, 0.2) is 0 Å². The summed E-state index contributed by atoms with van der Waals surface area (Å²) < 4.78 is 5.36. The number of thiol groups is 1. The molecular weight excluding hydrogens is 132 g/mol. The quantitative estimate of drug-likeness (QED) is 0.464. The average molecular weight is 148 g/mol. The van der Waals surface area contributed by atoms with Crippen LogP contribution in [0.1, 0.15) is 26.7 Å². The fourth-order valence-corrected chi connectivity index (χ4v) is 0.587. The predicted octanol–water partition coefficient (Wildman–Crippen LogP) is 2.12. The van der Waals surface area contributed by atoms with E-state index in [2.05, 4.69) is 19.6 Å². The average Bonchev–Trinajstić information content (AvgIpc) is 1.89. The maximum absolute atomic E-state index is 5.36. The van der Waals surface area contributed by atoms with Crippen LogP contribution in [-0.2, 0) is 4.74 Å². The first-order valence-electron chi connectivity index (χ1n) is 3.53. The Morgan fingerprint density at radius 2 is 2.22 bits per heavy atom. The van der Waals surface area contributed by atoms with Gasteiger partial charge in [0.15, 0.2) is 0 Å². The molecule has 0 aliphatic carbocycles. The van der Waals surface area contributed by atoms with Crippen LogP contribution < -0.4 is 0 Å². The third kappa shape index (κ3) is 6.19. The van der Waals surface area contributed by atoms with Crippen molar-refractivity contribution in [3.05, 3.63) is 0 Å². The molecule has 1 atom stereocenters. The van der Waals surface area contributed by atoms with Gasteiger partial charge in [-0.15, -0.1) is 0 Å². The predicted molar refractivity (Wildman–Crippen MR) is 44.2 cm³/mol. The van der Waals surface area contributed by atoms with Crippen LogP contribution in [0.5, 0.6) is 0 Å². The Kier molecular flexibility index (Phi) is 6.65. The van der Waals surface area contributed by atoms with E-state index in [-0.39, 0.29) is 0 Å². The molecule has 0 N–H and O–H groups in total. The number of rotatable bonds is 5. The standard InChI is InChI=1S/C7H16OS/c1-3-4-5-8-7(2)6-9/h7,9H,3-6H2,1-2H3. The van der Waals surface area contributed by atoms with Gasteiger partial charge in [-0.25, -0.2) is 0 Å². The molecule has 0 amide bonds. The van der Waals surface area contributed by atoms with E-state index in [0.717, 1.165) is 18.8 Å². The lowest BCUT2D eigenvalue weighted by Crippen LogP contribution is -2.10. The molecule has 0 rings (SSSR count). The Morgan fingerprint density at radius 1 is 1.56 bits per heavy atom. The molecule has 1 unspecified atom stereocenters. The molecule has 0 saturated heterocycles. The van der Waals surface area contributed by atoms with Gasteiger partial charge < -0.3 is 4.74 Å². The van der Waals surface area contributed by atoms with E-state index < -0.39 is 0 Å². The van der Waals surface area contributed by atoms with Gasteiger partial charge in [0.2, 0.25) is 0 Å². The maximum Gasteiger partial charge on any atom is 0.0634 e. The van der Waals surface area contributed by atoms with Crippen molar-refractivity contribution in [1.29, 1.82) is 0 Å². The Hall–Kier alpha value is 0.310. The zero-order chi connectivity index (χ0) is 7.11. The number of hydrogen-bond acceptors (Lipinski definition) is 2. The van der Waals surface area contributed by atoms with Crippen molar-refractivity contribution in [3.8, 4) is 0 Å². The Bertz CT molecular complexity index is 56.9. The van der Waals surface area contributed by atoms with E-state index in [1.54, 1.807) is 0 Å². The van der Waals surface area contributed by atoms with E-state index in [1.807, 2.05) is 6.92 Å². The molecule has 0 spiro atoms. The zero-order valence-electron chi connectivity index (χ0n) is 6.26. The lowest BCUT2D eigenvalue weighted by molar-refractivity contribution is 0.0800. The largest absolute Gasteiger partial charge is 0.378 e. The monoisotopic (exact) mass is 148 g/mol. The fraction of sp³-hybridized carbons (Fsp3) is 1.00. The van der Waals surface area contributed by atoms with Crippen molar-refractivity contribution in [1.82, 2.24) is 0 Å². The second-order valence-electron chi connectivity index (χ2n) is 2.22. The van der Waals surface area contributed by atoms with Crippen molar-refractivity contribution in [2.75, 3.05) is 12.4 Å². The summed E-state index contributed by atoms with van der Waals surface area (Å²) in [4.78, 5) is 0. The van der Waals surface area contributed by atoms with E-state index in [0.29, 0.717) is 6.10 Å². The zero-order valence-corrected chi connectivity index (χ0v) is 7.16. The van der Waals surface area contributed by atoms with Crippen LogP contribution in [0.4, 0.5) is 0 Å². The third-order valence-corrected chi connectivity index (χ3v) is 1.67. The van der Waals surface area contributed by atoms with Gasteiger partial charge >= 0.3 is 0 Å². The van der Waals surface area contributed by atoms with Crippen molar-refractivity contribution in [3.63, 3.8) is 0 Å². The molecule has 9 heavy (non-hydrogen) atoms. The van der Waals surface area contributed by atoms with Gasteiger partial charge in [-0.05, 0) is 13.3 Å². The minimum absolute atomic E-state index is 0.319. The second kappa shape index (κ2) is 6.43. The van der Waals surface area contributed by atoms with Gasteiger partial charge in [-0.1, -0.05) is 13.3 Å². The Morgan fingerprint density at radius 3 is 2.67 bits per heavy atom. The lowest BCUT2D eigenvalue weighted by Gasteiger charge is -2.08. The summed E-state index contributed by atoms with van der Waals surface area (Å²) in [5.74, 6) is 0.823. The molecule has 0 heterocycles. The van der Waals surface area contributed by atoms with Crippen LogP contribution in [0, 0.1) is 0 Å².